The average molecular weight is 268 g/mol. The second kappa shape index (κ2) is 6.56. The Morgan fingerprint density at radius 1 is 1.25 bits per heavy atom. The highest BCUT2D eigenvalue weighted by molar-refractivity contribution is 5.99. The van der Waals surface area contributed by atoms with E-state index >= 15 is 0 Å². The van der Waals surface area contributed by atoms with Gasteiger partial charge in [-0.1, -0.05) is 24.6 Å². The van der Waals surface area contributed by atoms with Gasteiger partial charge in [-0.25, -0.2) is 15.4 Å². The van der Waals surface area contributed by atoms with Crippen molar-refractivity contribution in [2.75, 3.05) is 0 Å². The molecular weight excluding hydrogens is 252 g/mol. The predicted octanol–water partition coefficient (Wildman–Crippen LogP) is 2.33. The molecule has 2 rings (SSSR count). The summed E-state index contributed by atoms with van der Waals surface area (Å²) < 4.78 is 0. The Hall–Kier alpha value is -2.56. The van der Waals surface area contributed by atoms with Gasteiger partial charge in [-0.05, 0) is 31.5 Å². The topological polar surface area (TPSA) is 67.2 Å². The normalized spacial score (nSPS) is 11.2. The summed E-state index contributed by atoms with van der Waals surface area (Å²) >= 11 is 0. The van der Waals surface area contributed by atoms with Crippen LogP contribution in [0.2, 0.25) is 0 Å². The van der Waals surface area contributed by atoms with E-state index in [0.29, 0.717) is 23.5 Å². The Kier molecular flexibility index (Phi) is 4.55. The van der Waals surface area contributed by atoms with E-state index in [1.165, 1.54) is 0 Å². The summed E-state index contributed by atoms with van der Waals surface area (Å²) in [5.41, 5.74) is 4.80. The molecule has 1 amide bonds. The quantitative estimate of drug-likeness (QED) is 0.683. The summed E-state index contributed by atoms with van der Waals surface area (Å²) in [5.74, 6) is 0.287. The van der Waals surface area contributed by atoms with Crippen LogP contribution in [-0.4, -0.2) is 21.6 Å². The summed E-state index contributed by atoms with van der Waals surface area (Å²) in [4.78, 5) is 20.2. The molecule has 0 radical (unpaired) electrons. The standard InChI is InChI=1S/C15H16N4O/c1-3-13(14-16-8-5-9-17-14)18-19-15(20)12-7-4-6-11(2)10-12/h4-10H,3H2,1-2H3,(H,19,20)/b18-13+. The van der Waals surface area contributed by atoms with Crippen LogP contribution in [0.3, 0.4) is 0 Å². The number of aryl methyl sites for hydroxylation is 1. The molecule has 20 heavy (non-hydrogen) atoms. The van der Waals surface area contributed by atoms with Crippen molar-refractivity contribution in [3.05, 3.63) is 59.7 Å². The van der Waals surface area contributed by atoms with E-state index in [2.05, 4.69) is 20.5 Å². The van der Waals surface area contributed by atoms with Crippen molar-refractivity contribution in [1.29, 1.82) is 0 Å². The zero-order valence-corrected chi connectivity index (χ0v) is 11.5. The molecule has 0 saturated heterocycles. The van der Waals surface area contributed by atoms with Crippen LogP contribution in [0.25, 0.3) is 0 Å². The number of hydrogen-bond donors (Lipinski definition) is 1. The van der Waals surface area contributed by atoms with Crippen molar-refractivity contribution >= 4 is 11.6 Å². The molecule has 0 fully saturated rings. The van der Waals surface area contributed by atoms with E-state index in [-0.39, 0.29) is 5.91 Å². The fourth-order valence-corrected chi connectivity index (χ4v) is 1.70. The second-order valence-electron chi connectivity index (χ2n) is 4.29. The minimum atomic E-state index is -0.240. The maximum absolute atomic E-state index is 12.0. The summed E-state index contributed by atoms with van der Waals surface area (Å²) in [6, 6.07) is 9.09. The lowest BCUT2D eigenvalue weighted by atomic mass is 10.1. The van der Waals surface area contributed by atoms with E-state index in [4.69, 9.17) is 0 Å². The van der Waals surface area contributed by atoms with Crippen molar-refractivity contribution in [3.8, 4) is 0 Å². The maximum Gasteiger partial charge on any atom is 0.271 e. The van der Waals surface area contributed by atoms with Crippen LogP contribution in [0, 0.1) is 6.92 Å². The van der Waals surface area contributed by atoms with E-state index in [9.17, 15) is 4.79 Å². The Morgan fingerprint density at radius 3 is 2.65 bits per heavy atom. The van der Waals surface area contributed by atoms with Gasteiger partial charge in [-0.15, -0.1) is 0 Å². The molecule has 0 bridgehead atoms. The summed E-state index contributed by atoms with van der Waals surface area (Å²) in [6.45, 7) is 3.88. The minimum Gasteiger partial charge on any atom is -0.267 e. The Labute approximate surface area is 117 Å². The number of nitrogens with one attached hydrogen (secondary N) is 1. The SMILES string of the molecule is CC/C(=N\NC(=O)c1cccc(C)c1)c1ncccn1. The number of carbonyl (C=O) groups excluding carboxylic acids is 1. The maximum atomic E-state index is 12.0. The highest BCUT2D eigenvalue weighted by Crippen LogP contribution is 2.04. The van der Waals surface area contributed by atoms with Crippen LogP contribution in [0.1, 0.15) is 35.1 Å². The number of hydrogen-bond acceptors (Lipinski definition) is 4. The molecule has 1 heterocycles. The third-order valence-electron chi connectivity index (χ3n) is 2.73. The number of rotatable bonds is 4. The van der Waals surface area contributed by atoms with Crippen LogP contribution in [0.15, 0.2) is 47.8 Å². The van der Waals surface area contributed by atoms with E-state index in [0.717, 1.165) is 5.56 Å². The van der Waals surface area contributed by atoms with Gasteiger partial charge in [0.25, 0.3) is 5.91 Å². The summed E-state index contributed by atoms with van der Waals surface area (Å²) in [7, 11) is 0. The van der Waals surface area contributed by atoms with Crippen LogP contribution in [0.4, 0.5) is 0 Å². The van der Waals surface area contributed by atoms with Gasteiger partial charge in [0.1, 0.15) is 5.71 Å². The molecule has 5 heteroatoms. The first-order valence-electron chi connectivity index (χ1n) is 6.41. The van der Waals surface area contributed by atoms with Crippen molar-refractivity contribution in [1.82, 2.24) is 15.4 Å². The molecule has 1 aromatic heterocycles. The number of aromatic nitrogens is 2. The third-order valence-corrected chi connectivity index (χ3v) is 2.73. The first-order valence-corrected chi connectivity index (χ1v) is 6.41. The molecule has 1 aromatic carbocycles. The molecule has 0 saturated carbocycles. The van der Waals surface area contributed by atoms with Gasteiger partial charge in [0.05, 0.1) is 0 Å². The first kappa shape index (κ1) is 13.9. The van der Waals surface area contributed by atoms with Gasteiger partial charge in [0.15, 0.2) is 5.82 Å². The molecule has 2 aromatic rings. The zero-order chi connectivity index (χ0) is 14.4. The average Bonchev–Trinajstić information content (AvgIpc) is 2.49. The van der Waals surface area contributed by atoms with Crippen LogP contribution >= 0.6 is 0 Å². The monoisotopic (exact) mass is 268 g/mol. The lowest BCUT2D eigenvalue weighted by Gasteiger charge is -2.04. The highest BCUT2D eigenvalue weighted by atomic mass is 16.2. The van der Waals surface area contributed by atoms with E-state index in [1.54, 1.807) is 24.5 Å². The molecule has 5 nitrogen and oxygen atoms in total. The zero-order valence-electron chi connectivity index (χ0n) is 11.5. The molecule has 0 aliphatic carbocycles. The van der Waals surface area contributed by atoms with Crippen molar-refractivity contribution in [3.63, 3.8) is 0 Å². The van der Waals surface area contributed by atoms with Crippen LogP contribution in [-0.2, 0) is 0 Å². The molecule has 0 atom stereocenters. The molecule has 102 valence electrons. The lowest BCUT2D eigenvalue weighted by molar-refractivity contribution is 0.0954. The Morgan fingerprint density at radius 2 is 2.00 bits per heavy atom. The first-order chi connectivity index (χ1) is 9.70. The van der Waals surface area contributed by atoms with Gasteiger partial charge < -0.3 is 0 Å². The molecule has 0 spiro atoms. The Balaban J connectivity index is 2.13. The van der Waals surface area contributed by atoms with Crippen molar-refractivity contribution in [2.24, 2.45) is 5.10 Å². The largest absolute Gasteiger partial charge is 0.271 e. The summed E-state index contributed by atoms with van der Waals surface area (Å²) in [5, 5.41) is 4.11. The van der Waals surface area contributed by atoms with Gasteiger partial charge in [-0.3, -0.25) is 4.79 Å². The number of nitrogens with zero attached hydrogens (tertiary/aromatic N) is 3. The molecule has 0 aliphatic heterocycles. The number of hydrazone groups is 1. The second-order valence-corrected chi connectivity index (χ2v) is 4.29. The fourth-order valence-electron chi connectivity index (χ4n) is 1.70. The third kappa shape index (κ3) is 3.47. The summed E-state index contributed by atoms with van der Waals surface area (Å²) in [6.07, 6.45) is 3.93. The van der Waals surface area contributed by atoms with E-state index < -0.39 is 0 Å². The molecule has 1 N–H and O–H groups in total. The smallest absolute Gasteiger partial charge is 0.267 e. The lowest BCUT2D eigenvalue weighted by Crippen LogP contribution is -2.20. The predicted molar refractivity (Wildman–Crippen MR) is 77.5 cm³/mol. The molecule has 0 unspecified atom stereocenters. The number of amides is 1. The van der Waals surface area contributed by atoms with Crippen LogP contribution < -0.4 is 5.43 Å². The Bertz CT molecular complexity index is 623. The fraction of sp³-hybridized carbons (Fsp3) is 0.200. The number of carbonyl (C=O) groups is 1. The van der Waals surface area contributed by atoms with Crippen molar-refractivity contribution < 1.29 is 4.79 Å². The van der Waals surface area contributed by atoms with Gasteiger partial charge in [0, 0.05) is 18.0 Å². The van der Waals surface area contributed by atoms with Gasteiger partial charge in [0.2, 0.25) is 0 Å². The molecule has 0 aliphatic rings. The minimum absolute atomic E-state index is 0.240. The van der Waals surface area contributed by atoms with Gasteiger partial charge in [-0.2, -0.15) is 5.10 Å². The molecular formula is C15H16N4O. The van der Waals surface area contributed by atoms with Crippen molar-refractivity contribution in [2.45, 2.75) is 20.3 Å². The highest BCUT2D eigenvalue weighted by Gasteiger charge is 2.07. The van der Waals surface area contributed by atoms with Crippen LogP contribution in [0.5, 0.6) is 0 Å². The number of benzene rings is 1. The van der Waals surface area contributed by atoms with Gasteiger partial charge >= 0.3 is 0 Å². The van der Waals surface area contributed by atoms with E-state index in [1.807, 2.05) is 32.0 Å².